The molecule has 0 spiro atoms. The Hall–Kier alpha value is -1.39. The molecule has 1 aliphatic rings. The van der Waals surface area contributed by atoms with Crippen molar-refractivity contribution in [1.82, 2.24) is 10.3 Å². The number of pyridine rings is 1. The van der Waals surface area contributed by atoms with Crippen LogP contribution in [0.15, 0.2) is 35.8 Å². The van der Waals surface area contributed by atoms with Crippen LogP contribution < -0.4 is 10.1 Å². The number of nitrogens with one attached hydrogen (secondary N) is 1. The van der Waals surface area contributed by atoms with E-state index in [0.29, 0.717) is 6.04 Å². The summed E-state index contributed by atoms with van der Waals surface area (Å²) in [4.78, 5) is 5.78. The molecule has 4 heteroatoms. The molecule has 112 valence electrons. The van der Waals surface area contributed by atoms with Crippen LogP contribution in [-0.2, 0) is 6.54 Å². The lowest BCUT2D eigenvalue weighted by Crippen LogP contribution is -2.19. The highest BCUT2D eigenvalue weighted by Crippen LogP contribution is 2.29. The number of thiophene rings is 1. The largest absolute Gasteiger partial charge is 0.477 e. The summed E-state index contributed by atoms with van der Waals surface area (Å²) in [5, 5.41) is 5.73. The van der Waals surface area contributed by atoms with E-state index in [0.717, 1.165) is 31.4 Å². The predicted octanol–water partition coefficient (Wildman–Crippen LogP) is 4.17. The first kappa shape index (κ1) is 14.5. The highest BCUT2D eigenvalue weighted by atomic mass is 32.1. The van der Waals surface area contributed by atoms with Crippen molar-refractivity contribution in [1.29, 1.82) is 0 Å². The van der Waals surface area contributed by atoms with Crippen LogP contribution in [0.25, 0.3) is 0 Å². The molecule has 2 aromatic rings. The molecule has 1 N–H and O–H groups in total. The first-order chi connectivity index (χ1) is 10.3. The van der Waals surface area contributed by atoms with Crippen molar-refractivity contribution in [2.24, 2.45) is 5.92 Å². The van der Waals surface area contributed by atoms with E-state index < -0.39 is 0 Å². The van der Waals surface area contributed by atoms with Gasteiger partial charge in [0.25, 0.3) is 0 Å². The lowest BCUT2D eigenvalue weighted by molar-refractivity contribution is 0.288. The Morgan fingerprint density at radius 3 is 2.90 bits per heavy atom. The van der Waals surface area contributed by atoms with Crippen molar-refractivity contribution in [3.63, 3.8) is 0 Å². The van der Waals surface area contributed by atoms with Gasteiger partial charge in [0.05, 0.1) is 6.61 Å². The molecule has 1 aliphatic carbocycles. The summed E-state index contributed by atoms with van der Waals surface area (Å²) in [5.74, 6) is 1.51. The van der Waals surface area contributed by atoms with Crippen LogP contribution >= 0.6 is 11.3 Å². The van der Waals surface area contributed by atoms with Crippen LogP contribution in [0, 0.1) is 5.92 Å². The second kappa shape index (κ2) is 7.05. The molecule has 2 aromatic heterocycles. The van der Waals surface area contributed by atoms with Gasteiger partial charge in [-0.15, -0.1) is 11.3 Å². The third-order valence-electron chi connectivity index (χ3n) is 3.81. The Morgan fingerprint density at radius 2 is 2.29 bits per heavy atom. The van der Waals surface area contributed by atoms with E-state index in [2.05, 4.69) is 40.8 Å². The molecule has 3 rings (SSSR count). The van der Waals surface area contributed by atoms with E-state index in [-0.39, 0.29) is 0 Å². The lowest BCUT2D eigenvalue weighted by atomic mass is 10.1. The minimum Gasteiger partial charge on any atom is -0.477 e. The van der Waals surface area contributed by atoms with Gasteiger partial charge in [0.1, 0.15) is 0 Å². The quantitative estimate of drug-likeness (QED) is 0.794. The molecule has 1 saturated carbocycles. The Kier molecular flexibility index (Phi) is 4.88. The Labute approximate surface area is 130 Å². The van der Waals surface area contributed by atoms with Gasteiger partial charge in [-0.1, -0.05) is 19.1 Å². The van der Waals surface area contributed by atoms with Crippen molar-refractivity contribution in [3.8, 4) is 5.88 Å². The van der Waals surface area contributed by atoms with Crippen LogP contribution in [0.3, 0.4) is 0 Å². The molecule has 21 heavy (non-hydrogen) atoms. The van der Waals surface area contributed by atoms with E-state index in [1.165, 1.54) is 23.3 Å². The van der Waals surface area contributed by atoms with Crippen molar-refractivity contribution < 1.29 is 4.74 Å². The molecule has 0 saturated heterocycles. The highest BCUT2D eigenvalue weighted by molar-refractivity contribution is 7.10. The zero-order valence-corrected chi connectivity index (χ0v) is 13.2. The number of ether oxygens (including phenoxy) is 1. The minimum atomic E-state index is 0.427. The Bertz CT molecular complexity index is 534. The zero-order chi connectivity index (χ0) is 14.5. The monoisotopic (exact) mass is 302 g/mol. The van der Waals surface area contributed by atoms with Gasteiger partial charge in [0.2, 0.25) is 5.88 Å². The SMILES string of the molecule is CCC(NCc1ccc(OCC2CC2)nc1)c1cccs1. The summed E-state index contributed by atoms with van der Waals surface area (Å²) in [6.45, 7) is 3.87. The van der Waals surface area contributed by atoms with Gasteiger partial charge in [-0.25, -0.2) is 4.98 Å². The van der Waals surface area contributed by atoms with Gasteiger partial charge in [0, 0.05) is 29.7 Å². The van der Waals surface area contributed by atoms with Crippen molar-refractivity contribution in [3.05, 3.63) is 46.3 Å². The maximum Gasteiger partial charge on any atom is 0.213 e. The number of hydrogen-bond acceptors (Lipinski definition) is 4. The topological polar surface area (TPSA) is 34.1 Å². The summed E-state index contributed by atoms with van der Waals surface area (Å²) >= 11 is 1.81. The van der Waals surface area contributed by atoms with E-state index in [1.54, 1.807) is 0 Å². The molecular formula is C17H22N2OS. The highest BCUT2D eigenvalue weighted by Gasteiger charge is 2.22. The standard InChI is InChI=1S/C17H22N2OS/c1-2-15(16-4-3-9-21-16)18-10-14-7-8-17(19-11-14)20-12-13-5-6-13/h3-4,7-9,11,13,15,18H,2,5-6,10,12H2,1H3. The molecule has 0 radical (unpaired) electrons. The molecular weight excluding hydrogens is 280 g/mol. The van der Waals surface area contributed by atoms with Gasteiger partial charge in [0.15, 0.2) is 0 Å². The summed E-state index contributed by atoms with van der Waals surface area (Å²) in [5.41, 5.74) is 1.20. The predicted molar refractivity (Wildman–Crippen MR) is 86.6 cm³/mol. The molecule has 3 nitrogen and oxygen atoms in total. The Morgan fingerprint density at radius 1 is 1.38 bits per heavy atom. The average Bonchev–Trinajstić information content (AvgIpc) is 3.20. The summed E-state index contributed by atoms with van der Waals surface area (Å²) in [7, 11) is 0. The van der Waals surface area contributed by atoms with E-state index in [1.807, 2.05) is 23.6 Å². The van der Waals surface area contributed by atoms with E-state index >= 15 is 0 Å². The van der Waals surface area contributed by atoms with Crippen molar-refractivity contribution in [2.45, 2.75) is 38.8 Å². The smallest absolute Gasteiger partial charge is 0.213 e. The van der Waals surface area contributed by atoms with Crippen LogP contribution in [0.5, 0.6) is 5.88 Å². The molecule has 1 atom stereocenters. The maximum atomic E-state index is 5.66. The summed E-state index contributed by atoms with van der Waals surface area (Å²) in [6, 6.07) is 8.81. The Balaban J connectivity index is 1.49. The lowest BCUT2D eigenvalue weighted by Gasteiger charge is -2.15. The summed E-state index contributed by atoms with van der Waals surface area (Å²) < 4.78 is 5.66. The second-order valence-electron chi connectivity index (χ2n) is 5.62. The molecule has 2 heterocycles. The zero-order valence-electron chi connectivity index (χ0n) is 12.4. The number of nitrogens with zero attached hydrogens (tertiary/aromatic N) is 1. The number of hydrogen-bond donors (Lipinski definition) is 1. The van der Waals surface area contributed by atoms with Gasteiger partial charge in [-0.2, -0.15) is 0 Å². The first-order valence-corrected chi connectivity index (χ1v) is 8.57. The third-order valence-corrected chi connectivity index (χ3v) is 4.79. The van der Waals surface area contributed by atoms with Crippen molar-refractivity contribution in [2.75, 3.05) is 6.61 Å². The van der Waals surface area contributed by atoms with Crippen LogP contribution in [0.4, 0.5) is 0 Å². The van der Waals surface area contributed by atoms with Crippen molar-refractivity contribution >= 4 is 11.3 Å². The molecule has 0 aromatic carbocycles. The maximum absolute atomic E-state index is 5.66. The fraction of sp³-hybridized carbons (Fsp3) is 0.471. The first-order valence-electron chi connectivity index (χ1n) is 7.69. The summed E-state index contributed by atoms with van der Waals surface area (Å²) in [6.07, 6.45) is 5.62. The minimum absolute atomic E-state index is 0.427. The van der Waals surface area contributed by atoms with Gasteiger partial charge >= 0.3 is 0 Å². The van der Waals surface area contributed by atoms with Crippen LogP contribution in [0.1, 0.15) is 42.7 Å². The molecule has 0 bridgehead atoms. The average molecular weight is 302 g/mol. The second-order valence-corrected chi connectivity index (χ2v) is 6.60. The fourth-order valence-corrected chi connectivity index (χ4v) is 3.15. The van der Waals surface area contributed by atoms with Gasteiger partial charge in [-0.3, -0.25) is 0 Å². The van der Waals surface area contributed by atoms with Gasteiger partial charge < -0.3 is 10.1 Å². The van der Waals surface area contributed by atoms with Crippen LogP contribution in [0.2, 0.25) is 0 Å². The third kappa shape index (κ3) is 4.29. The molecule has 0 aliphatic heterocycles. The molecule has 1 fully saturated rings. The van der Waals surface area contributed by atoms with Crippen LogP contribution in [-0.4, -0.2) is 11.6 Å². The van der Waals surface area contributed by atoms with Gasteiger partial charge in [-0.05, 0) is 42.2 Å². The molecule has 1 unspecified atom stereocenters. The number of aromatic nitrogens is 1. The number of rotatable bonds is 8. The molecule has 0 amide bonds. The van der Waals surface area contributed by atoms with E-state index in [9.17, 15) is 0 Å². The van der Waals surface area contributed by atoms with E-state index in [4.69, 9.17) is 4.74 Å². The normalized spacial score (nSPS) is 15.9. The fourth-order valence-electron chi connectivity index (χ4n) is 2.27.